The molecule has 72 valence electrons. The van der Waals surface area contributed by atoms with Crippen LogP contribution in [-0.4, -0.2) is 11.2 Å². The molecule has 1 N–H and O–H groups in total. The minimum atomic E-state index is -0.267. The van der Waals surface area contributed by atoms with Crippen molar-refractivity contribution in [3.05, 3.63) is 11.6 Å². The largest absolute Gasteiger partial charge is 0.389 e. The molecule has 0 heterocycles. The van der Waals surface area contributed by atoms with Gasteiger partial charge in [-0.05, 0) is 32.3 Å². The summed E-state index contributed by atoms with van der Waals surface area (Å²) in [5, 5.41) is 9.16. The van der Waals surface area contributed by atoms with Gasteiger partial charge in [-0.25, -0.2) is 0 Å². The van der Waals surface area contributed by atoms with Crippen LogP contribution >= 0.6 is 0 Å². The fourth-order valence-corrected chi connectivity index (χ4v) is 1.07. The minimum absolute atomic E-state index is 0.267. The molecular weight excluding hydrogens is 148 g/mol. The zero-order valence-electron chi connectivity index (χ0n) is 8.64. The summed E-state index contributed by atoms with van der Waals surface area (Å²) in [6.45, 7) is 6.03. The van der Waals surface area contributed by atoms with E-state index in [1.807, 2.05) is 13.8 Å². The number of hydrogen-bond donors (Lipinski definition) is 1. The lowest BCUT2D eigenvalue weighted by atomic mass is 10.1. The van der Waals surface area contributed by atoms with Gasteiger partial charge in [-0.2, -0.15) is 0 Å². The van der Waals surface area contributed by atoms with Crippen LogP contribution < -0.4 is 0 Å². The van der Waals surface area contributed by atoms with Crippen LogP contribution in [0.5, 0.6) is 0 Å². The number of unbranched alkanes of at least 4 members (excludes halogenated alkanes) is 4. The van der Waals surface area contributed by atoms with E-state index in [1.54, 1.807) is 0 Å². The number of rotatable bonds is 6. The molecule has 0 unspecified atom stereocenters. The van der Waals surface area contributed by atoms with Crippen LogP contribution in [0.15, 0.2) is 11.6 Å². The molecule has 0 radical (unpaired) electrons. The fraction of sp³-hybridized carbons (Fsp3) is 0.818. The Bertz CT molecular complexity index is 125. The van der Waals surface area contributed by atoms with E-state index in [9.17, 15) is 0 Å². The Balaban J connectivity index is 3.34. The maximum atomic E-state index is 9.16. The molecule has 0 aromatic heterocycles. The first kappa shape index (κ1) is 11.7. The summed E-state index contributed by atoms with van der Waals surface area (Å²) in [5.74, 6) is 0. The molecule has 0 aliphatic heterocycles. The summed E-state index contributed by atoms with van der Waals surface area (Å²) in [6.07, 6.45) is 8.21. The molecular formula is C11H22O. The Labute approximate surface area is 76.5 Å². The van der Waals surface area contributed by atoms with Crippen LogP contribution in [0.4, 0.5) is 0 Å². The SMILES string of the molecule is CCCCCC/C=C(\C)[C@H](C)O. The van der Waals surface area contributed by atoms with E-state index < -0.39 is 0 Å². The zero-order chi connectivity index (χ0) is 9.40. The summed E-state index contributed by atoms with van der Waals surface area (Å²) in [6, 6.07) is 0. The van der Waals surface area contributed by atoms with Crippen molar-refractivity contribution in [1.29, 1.82) is 0 Å². The van der Waals surface area contributed by atoms with Gasteiger partial charge in [-0.1, -0.05) is 32.3 Å². The quantitative estimate of drug-likeness (QED) is 0.479. The molecule has 0 saturated carbocycles. The van der Waals surface area contributed by atoms with Crippen molar-refractivity contribution in [2.24, 2.45) is 0 Å². The maximum Gasteiger partial charge on any atom is 0.0719 e. The molecule has 0 spiro atoms. The van der Waals surface area contributed by atoms with Gasteiger partial charge in [0.1, 0.15) is 0 Å². The van der Waals surface area contributed by atoms with Crippen molar-refractivity contribution in [1.82, 2.24) is 0 Å². The molecule has 0 aromatic carbocycles. The van der Waals surface area contributed by atoms with E-state index in [1.165, 1.54) is 25.7 Å². The van der Waals surface area contributed by atoms with Crippen LogP contribution in [0.3, 0.4) is 0 Å². The number of aliphatic hydroxyl groups excluding tert-OH is 1. The molecule has 1 atom stereocenters. The molecule has 12 heavy (non-hydrogen) atoms. The first-order chi connectivity index (χ1) is 5.68. The summed E-state index contributed by atoms with van der Waals surface area (Å²) in [7, 11) is 0. The predicted octanol–water partition coefficient (Wildman–Crippen LogP) is 3.28. The van der Waals surface area contributed by atoms with Crippen LogP contribution in [0.1, 0.15) is 52.9 Å². The standard InChI is InChI=1S/C11H22O/c1-4-5-6-7-8-9-10(2)11(3)12/h9,11-12H,4-8H2,1-3H3/b10-9+/t11-/m0/s1. The first-order valence-corrected chi connectivity index (χ1v) is 5.03. The highest BCUT2D eigenvalue weighted by Crippen LogP contribution is 2.07. The van der Waals surface area contributed by atoms with Crippen LogP contribution in [-0.2, 0) is 0 Å². The summed E-state index contributed by atoms with van der Waals surface area (Å²) in [5.41, 5.74) is 1.10. The molecule has 0 aliphatic carbocycles. The zero-order valence-corrected chi connectivity index (χ0v) is 8.64. The third-order valence-corrected chi connectivity index (χ3v) is 2.18. The van der Waals surface area contributed by atoms with Gasteiger partial charge < -0.3 is 5.11 Å². The van der Waals surface area contributed by atoms with Gasteiger partial charge in [-0.15, -0.1) is 0 Å². The van der Waals surface area contributed by atoms with Gasteiger partial charge in [0.05, 0.1) is 6.10 Å². The average Bonchev–Trinajstić information content (AvgIpc) is 2.03. The smallest absolute Gasteiger partial charge is 0.0719 e. The lowest BCUT2D eigenvalue weighted by Crippen LogP contribution is -2.00. The van der Waals surface area contributed by atoms with E-state index >= 15 is 0 Å². The highest BCUT2D eigenvalue weighted by Gasteiger charge is 1.95. The van der Waals surface area contributed by atoms with E-state index in [0.717, 1.165) is 12.0 Å². The Kier molecular flexibility index (Phi) is 7.17. The van der Waals surface area contributed by atoms with Crippen molar-refractivity contribution in [3.8, 4) is 0 Å². The number of aliphatic hydroxyl groups is 1. The van der Waals surface area contributed by atoms with Crippen molar-refractivity contribution < 1.29 is 5.11 Å². The molecule has 0 fully saturated rings. The topological polar surface area (TPSA) is 20.2 Å². The van der Waals surface area contributed by atoms with Gasteiger partial charge in [0.2, 0.25) is 0 Å². The van der Waals surface area contributed by atoms with Crippen molar-refractivity contribution in [3.63, 3.8) is 0 Å². The molecule has 1 nitrogen and oxygen atoms in total. The second-order valence-electron chi connectivity index (χ2n) is 3.47. The molecule has 0 rings (SSSR count). The molecule has 1 heteroatoms. The Morgan fingerprint density at radius 2 is 2.00 bits per heavy atom. The monoisotopic (exact) mass is 170 g/mol. The maximum absolute atomic E-state index is 9.16. The summed E-state index contributed by atoms with van der Waals surface area (Å²) < 4.78 is 0. The van der Waals surface area contributed by atoms with Crippen LogP contribution in [0.2, 0.25) is 0 Å². The van der Waals surface area contributed by atoms with Gasteiger partial charge in [0, 0.05) is 0 Å². The van der Waals surface area contributed by atoms with Crippen LogP contribution in [0.25, 0.3) is 0 Å². The van der Waals surface area contributed by atoms with Crippen LogP contribution in [0, 0.1) is 0 Å². The Morgan fingerprint density at radius 1 is 1.33 bits per heavy atom. The second kappa shape index (κ2) is 7.35. The first-order valence-electron chi connectivity index (χ1n) is 5.03. The number of allylic oxidation sites excluding steroid dienone is 1. The molecule has 0 aliphatic rings. The van der Waals surface area contributed by atoms with Crippen molar-refractivity contribution in [2.75, 3.05) is 0 Å². The lowest BCUT2D eigenvalue weighted by molar-refractivity contribution is 0.231. The van der Waals surface area contributed by atoms with E-state index in [0.29, 0.717) is 0 Å². The van der Waals surface area contributed by atoms with Gasteiger partial charge in [-0.3, -0.25) is 0 Å². The Morgan fingerprint density at radius 3 is 2.50 bits per heavy atom. The van der Waals surface area contributed by atoms with Gasteiger partial charge in [0.25, 0.3) is 0 Å². The molecule has 0 aromatic rings. The second-order valence-corrected chi connectivity index (χ2v) is 3.47. The normalized spacial score (nSPS) is 14.8. The van der Waals surface area contributed by atoms with E-state index in [4.69, 9.17) is 5.11 Å². The van der Waals surface area contributed by atoms with Crippen molar-refractivity contribution in [2.45, 2.75) is 59.0 Å². The third-order valence-electron chi connectivity index (χ3n) is 2.18. The average molecular weight is 170 g/mol. The predicted molar refractivity (Wildman–Crippen MR) is 54.2 cm³/mol. The summed E-state index contributed by atoms with van der Waals surface area (Å²) in [4.78, 5) is 0. The minimum Gasteiger partial charge on any atom is -0.389 e. The Hall–Kier alpha value is -0.300. The number of hydrogen-bond acceptors (Lipinski definition) is 1. The molecule has 0 bridgehead atoms. The van der Waals surface area contributed by atoms with E-state index in [2.05, 4.69) is 13.0 Å². The van der Waals surface area contributed by atoms with Crippen molar-refractivity contribution >= 4 is 0 Å². The van der Waals surface area contributed by atoms with Gasteiger partial charge in [0.15, 0.2) is 0 Å². The third kappa shape index (κ3) is 6.41. The molecule has 0 saturated heterocycles. The highest BCUT2D eigenvalue weighted by molar-refractivity contribution is 5.02. The molecule has 0 amide bonds. The lowest BCUT2D eigenvalue weighted by Gasteiger charge is -2.03. The summed E-state index contributed by atoms with van der Waals surface area (Å²) >= 11 is 0. The highest BCUT2D eigenvalue weighted by atomic mass is 16.3. The van der Waals surface area contributed by atoms with Gasteiger partial charge >= 0.3 is 0 Å². The van der Waals surface area contributed by atoms with E-state index in [-0.39, 0.29) is 6.10 Å². The fourth-order valence-electron chi connectivity index (χ4n) is 1.07.